The molecule has 2 heterocycles. The fourth-order valence-corrected chi connectivity index (χ4v) is 3.33. The van der Waals surface area contributed by atoms with Crippen molar-refractivity contribution in [1.29, 1.82) is 0 Å². The fourth-order valence-electron chi connectivity index (χ4n) is 3.33. The molecule has 1 aromatic carbocycles. The van der Waals surface area contributed by atoms with Gasteiger partial charge in [-0.2, -0.15) is 0 Å². The number of phenols is 1. The number of phenolic OH excluding ortho intramolecular Hbond substituents is 1. The first-order chi connectivity index (χ1) is 11.5. The minimum atomic E-state index is -0.556. The lowest BCUT2D eigenvalue weighted by molar-refractivity contribution is 0.139. The standard InChI is InChI=1S/C18H22N4O2/c1-11(2)8-22-17(16(24)12-3-4-12)19-20-18(22)21-9-13-5-6-15(23)7-14(13)10-21/h5-7,12,16,23-24H,1,3-4,8-10H2,2H3. The van der Waals surface area contributed by atoms with Crippen molar-refractivity contribution in [2.24, 2.45) is 5.92 Å². The largest absolute Gasteiger partial charge is 0.508 e. The highest BCUT2D eigenvalue weighted by atomic mass is 16.3. The summed E-state index contributed by atoms with van der Waals surface area (Å²) in [4.78, 5) is 2.13. The number of aromatic hydroxyl groups is 1. The van der Waals surface area contributed by atoms with Crippen LogP contribution in [0, 0.1) is 5.92 Å². The number of nitrogens with zero attached hydrogens (tertiary/aromatic N) is 4. The third-order valence-electron chi connectivity index (χ3n) is 4.72. The Hall–Kier alpha value is -2.34. The van der Waals surface area contributed by atoms with Crippen LogP contribution in [0.3, 0.4) is 0 Å². The summed E-state index contributed by atoms with van der Waals surface area (Å²) in [6.07, 6.45) is 1.54. The smallest absolute Gasteiger partial charge is 0.228 e. The van der Waals surface area contributed by atoms with Gasteiger partial charge in [-0.25, -0.2) is 0 Å². The second-order valence-corrected chi connectivity index (χ2v) is 6.99. The van der Waals surface area contributed by atoms with Gasteiger partial charge < -0.3 is 15.1 Å². The highest BCUT2D eigenvalue weighted by Gasteiger charge is 2.35. The molecule has 6 heteroatoms. The molecule has 1 atom stereocenters. The van der Waals surface area contributed by atoms with E-state index >= 15 is 0 Å². The van der Waals surface area contributed by atoms with Gasteiger partial charge in [-0.15, -0.1) is 10.2 Å². The van der Waals surface area contributed by atoms with Crippen LogP contribution in [0.25, 0.3) is 0 Å². The second-order valence-electron chi connectivity index (χ2n) is 6.99. The molecule has 0 radical (unpaired) electrons. The van der Waals surface area contributed by atoms with Crippen LogP contribution in [0.4, 0.5) is 5.95 Å². The summed E-state index contributed by atoms with van der Waals surface area (Å²) in [6, 6.07) is 5.46. The van der Waals surface area contributed by atoms with Crippen molar-refractivity contribution < 1.29 is 10.2 Å². The molecule has 6 nitrogen and oxygen atoms in total. The summed E-state index contributed by atoms with van der Waals surface area (Å²) in [5.74, 6) is 1.97. The average Bonchev–Trinajstić information content (AvgIpc) is 3.18. The van der Waals surface area contributed by atoms with Crippen molar-refractivity contribution in [2.45, 2.75) is 45.5 Å². The summed E-state index contributed by atoms with van der Waals surface area (Å²) in [6.45, 7) is 7.97. The van der Waals surface area contributed by atoms with Crippen molar-refractivity contribution in [2.75, 3.05) is 4.90 Å². The SMILES string of the molecule is C=C(C)Cn1c(C(O)C2CC2)nnc1N1Cc2ccc(O)cc2C1. The molecule has 2 N–H and O–H groups in total. The lowest BCUT2D eigenvalue weighted by Gasteiger charge is -2.20. The number of rotatable bonds is 5. The zero-order chi connectivity index (χ0) is 16.8. The molecule has 126 valence electrons. The van der Waals surface area contributed by atoms with Gasteiger partial charge in [0.2, 0.25) is 5.95 Å². The molecule has 1 fully saturated rings. The Morgan fingerprint density at radius 3 is 2.75 bits per heavy atom. The van der Waals surface area contributed by atoms with Gasteiger partial charge in [-0.3, -0.25) is 4.57 Å². The lowest BCUT2D eigenvalue weighted by Crippen LogP contribution is -2.21. The Kier molecular flexibility index (Phi) is 3.57. The van der Waals surface area contributed by atoms with Gasteiger partial charge in [0, 0.05) is 19.6 Å². The number of hydrogen-bond acceptors (Lipinski definition) is 5. The molecule has 1 unspecified atom stereocenters. The van der Waals surface area contributed by atoms with Crippen molar-refractivity contribution in [3.05, 3.63) is 47.3 Å². The van der Waals surface area contributed by atoms with Gasteiger partial charge in [0.05, 0.1) is 0 Å². The summed E-state index contributed by atoms with van der Waals surface area (Å²) >= 11 is 0. The number of allylic oxidation sites excluding steroid dienone is 1. The van der Waals surface area contributed by atoms with Crippen molar-refractivity contribution in [3.63, 3.8) is 0 Å². The van der Waals surface area contributed by atoms with Crippen LogP contribution in [-0.4, -0.2) is 25.0 Å². The van der Waals surface area contributed by atoms with Gasteiger partial charge in [-0.05, 0) is 48.9 Å². The number of fused-ring (bicyclic) bond motifs is 1. The predicted molar refractivity (Wildman–Crippen MR) is 90.5 cm³/mol. The van der Waals surface area contributed by atoms with E-state index in [-0.39, 0.29) is 5.75 Å². The topological polar surface area (TPSA) is 74.4 Å². The monoisotopic (exact) mass is 326 g/mol. The minimum Gasteiger partial charge on any atom is -0.508 e. The Labute approximate surface area is 141 Å². The zero-order valence-electron chi connectivity index (χ0n) is 13.8. The number of aliphatic hydroxyl groups is 1. The Morgan fingerprint density at radius 1 is 1.29 bits per heavy atom. The maximum Gasteiger partial charge on any atom is 0.228 e. The molecule has 4 rings (SSSR count). The van der Waals surface area contributed by atoms with E-state index < -0.39 is 6.10 Å². The van der Waals surface area contributed by atoms with Crippen molar-refractivity contribution >= 4 is 5.95 Å². The average molecular weight is 326 g/mol. The van der Waals surface area contributed by atoms with E-state index in [9.17, 15) is 10.2 Å². The highest BCUT2D eigenvalue weighted by Crippen LogP contribution is 2.41. The molecule has 24 heavy (non-hydrogen) atoms. The van der Waals surface area contributed by atoms with E-state index in [0.717, 1.165) is 36.5 Å². The van der Waals surface area contributed by atoms with Crippen LogP contribution in [0.15, 0.2) is 30.4 Å². The molecular weight excluding hydrogens is 304 g/mol. The van der Waals surface area contributed by atoms with Crippen LogP contribution in [0.2, 0.25) is 0 Å². The molecule has 2 aromatic rings. The van der Waals surface area contributed by atoms with E-state index in [1.165, 1.54) is 5.56 Å². The van der Waals surface area contributed by atoms with Gasteiger partial charge in [0.25, 0.3) is 0 Å². The van der Waals surface area contributed by atoms with Crippen molar-refractivity contribution in [1.82, 2.24) is 14.8 Å². The van der Waals surface area contributed by atoms with Gasteiger partial charge in [0.15, 0.2) is 5.82 Å². The third-order valence-corrected chi connectivity index (χ3v) is 4.72. The predicted octanol–water partition coefficient (Wildman–Crippen LogP) is 2.52. The van der Waals surface area contributed by atoms with E-state index in [2.05, 4.69) is 21.7 Å². The van der Waals surface area contributed by atoms with Crippen LogP contribution in [-0.2, 0) is 19.6 Å². The lowest BCUT2D eigenvalue weighted by atomic mass is 10.1. The molecule has 0 bridgehead atoms. The first-order valence-electron chi connectivity index (χ1n) is 8.34. The van der Waals surface area contributed by atoms with Crippen LogP contribution >= 0.6 is 0 Å². The molecule has 1 saturated carbocycles. The molecule has 1 aliphatic heterocycles. The molecule has 2 aliphatic rings. The molecule has 1 aliphatic carbocycles. The van der Waals surface area contributed by atoms with Crippen LogP contribution in [0.5, 0.6) is 5.75 Å². The fraction of sp³-hybridized carbons (Fsp3) is 0.444. The minimum absolute atomic E-state index is 0.281. The van der Waals surface area contributed by atoms with Crippen LogP contribution in [0.1, 0.15) is 42.8 Å². The zero-order valence-corrected chi connectivity index (χ0v) is 13.8. The molecule has 0 spiro atoms. The Morgan fingerprint density at radius 2 is 2.04 bits per heavy atom. The number of benzene rings is 1. The number of aliphatic hydroxyl groups excluding tert-OH is 1. The summed E-state index contributed by atoms with van der Waals surface area (Å²) in [5.41, 5.74) is 3.28. The molecule has 0 saturated heterocycles. The number of anilines is 1. The van der Waals surface area contributed by atoms with E-state index in [4.69, 9.17) is 0 Å². The number of hydrogen-bond donors (Lipinski definition) is 2. The number of aromatic nitrogens is 3. The Bertz CT molecular complexity index is 794. The van der Waals surface area contributed by atoms with Gasteiger partial charge in [-0.1, -0.05) is 18.2 Å². The van der Waals surface area contributed by atoms with Gasteiger partial charge >= 0.3 is 0 Å². The summed E-state index contributed by atoms with van der Waals surface area (Å²) < 4.78 is 1.98. The van der Waals surface area contributed by atoms with E-state index in [0.29, 0.717) is 24.8 Å². The van der Waals surface area contributed by atoms with Crippen LogP contribution < -0.4 is 4.90 Å². The maximum absolute atomic E-state index is 10.5. The molecule has 0 amide bonds. The first-order valence-corrected chi connectivity index (χ1v) is 8.34. The third kappa shape index (κ3) is 2.67. The maximum atomic E-state index is 10.5. The Balaban J connectivity index is 1.67. The summed E-state index contributed by atoms with van der Waals surface area (Å²) in [5, 5.41) is 28.8. The second kappa shape index (κ2) is 5.63. The normalized spacial score (nSPS) is 17.8. The summed E-state index contributed by atoms with van der Waals surface area (Å²) in [7, 11) is 0. The van der Waals surface area contributed by atoms with E-state index in [1.807, 2.05) is 17.6 Å². The van der Waals surface area contributed by atoms with Gasteiger partial charge in [0.1, 0.15) is 11.9 Å². The first kappa shape index (κ1) is 15.2. The van der Waals surface area contributed by atoms with Crippen molar-refractivity contribution in [3.8, 4) is 5.75 Å². The molecular formula is C18H22N4O2. The van der Waals surface area contributed by atoms with E-state index in [1.54, 1.807) is 12.1 Å². The quantitative estimate of drug-likeness (QED) is 0.826. The highest BCUT2D eigenvalue weighted by molar-refractivity contribution is 5.46. The molecule has 1 aromatic heterocycles.